The predicted molar refractivity (Wildman–Crippen MR) is 263 cm³/mol. The van der Waals surface area contributed by atoms with Crippen LogP contribution in [-0.4, -0.2) is 4.57 Å². The Morgan fingerprint density at radius 2 is 0.803 bits per heavy atom. The minimum atomic E-state index is 0.0571. The summed E-state index contributed by atoms with van der Waals surface area (Å²) in [6.45, 7) is 6.92. The van der Waals surface area contributed by atoms with Crippen LogP contribution in [0.2, 0.25) is 0 Å². The zero-order valence-corrected chi connectivity index (χ0v) is 35.0. The average Bonchev–Trinajstić information content (AvgIpc) is 3.64. The molecule has 0 N–H and O–H groups in total. The Hall–Kier alpha value is -7.22. The highest BCUT2D eigenvalue weighted by Crippen LogP contribution is 2.47. The monoisotopic (exact) mass is 781 g/mol. The summed E-state index contributed by atoms with van der Waals surface area (Å²) in [5.41, 5.74) is 17.6. The second-order valence-electron chi connectivity index (χ2n) is 17.6. The predicted octanol–water partition coefficient (Wildman–Crippen LogP) is 16.9. The highest BCUT2D eigenvalue weighted by atomic mass is 15.0. The summed E-state index contributed by atoms with van der Waals surface area (Å²) in [5, 5.41) is 7.63. The molecular formula is C60H47N. The number of allylic oxidation sites excluding steroid dienone is 4. The van der Waals surface area contributed by atoms with Crippen molar-refractivity contribution in [3.63, 3.8) is 0 Å². The van der Waals surface area contributed by atoms with Gasteiger partial charge in [0.25, 0.3) is 0 Å². The maximum Gasteiger partial charge on any atom is 0.0538 e. The van der Waals surface area contributed by atoms with Gasteiger partial charge < -0.3 is 4.57 Å². The van der Waals surface area contributed by atoms with Gasteiger partial charge in [0.15, 0.2) is 0 Å². The molecule has 0 fully saturated rings. The molecule has 11 rings (SSSR count). The van der Waals surface area contributed by atoms with Crippen LogP contribution in [0.25, 0.3) is 105 Å². The Morgan fingerprint density at radius 1 is 0.377 bits per heavy atom. The van der Waals surface area contributed by atoms with Crippen molar-refractivity contribution in [2.75, 3.05) is 0 Å². The van der Waals surface area contributed by atoms with Crippen molar-refractivity contribution >= 4 is 49.0 Å². The number of nitrogens with zero attached hydrogens (tertiary/aromatic N) is 1. The summed E-state index contributed by atoms with van der Waals surface area (Å²) in [7, 11) is 0. The quantitative estimate of drug-likeness (QED) is 0.148. The molecule has 1 aliphatic rings. The molecule has 0 saturated heterocycles. The highest BCUT2D eigenvalue weighted by molar-refractivity contribution is 6.22. The third kappa shape index (κ3) is 6.49. The average molecular weight is 782 g/mol. The lowest BCUT2D eigenvalue weighted by Gasteiger charge is -2.20. The molecule has 0 saturated carbocycles. The first-order valence-corrected chi connectivity index (χ1v) is 21.6. The van der Waals surface area contributed by atoms with E-state index in [-0.39, 0.29) is 5.41 Å². The van der Waals surface area contributed by atoms with E-state index in [1.54, 1.807) is 0 Å². The summed E-state index contributed by atoms with van der Waals surface area (Å²) in [5.74, 6) is 0. The summed E-state index contributed by atoms with van der Waals surface area (Å²) >= 11 is 0. The van der Waals surface area contributed by atoms with Crippen LogP contribution in [0.15, 0.2) is 206 Å². The van der Waals surface area contributed by atoms with Gasteiger partial charge in [-0.3, -0.25) is 0 Å². The normalized spacial score (nSPS) is 13.1. The molecule has 1 heteroatoms. The molecule has 0 atom stereocenters. The fourth-order valence-electron chi connectivity index (χ4n) is 9.66. The Balaban J connectivity index is 1.12. The van der Waals surface area contributed by atoms with E-state index in [1.165, 1.54) is 110 Å². The van der Waals surface area contributed by atoms with Gasteiger partial charge in [0, 0.05) is 16.5 Å². The number of fused-ring (bicyclic) bond motifs is 5. The van der Waals surface area contributed by atoms with Gasteiger partial charge in [0.2, 0.25) is 0 Å². The van der Waals surface area contributed by atoms with Crippen LogP contribution < -0.4 is 0 Å². The van der Waals surface area contributed by atoms with Crippen molar-refractivity contribution in [1.82, 2.24) is 4.57 Å². The molecule has 0 aliphatic heterocycles. The molecule has 1 nitrogen and oxygen atoms in total. The lowest BCUT2D eigenvalue weighted by molar-refractivity contribution is 0.591. The Bertz CT molecular complexity index is 3340. The largest absolute Gasteiger partial charge is 0.313 e. The van der Waals surface area contributed by atoms with Gasteiger partial charge in [-0.05, 0) is 143 Å². The number of benzene rings is 9. The van der Waals surface area contributed by atoms with Crippen LogP contribution in [0, 0.1) is 0 Å². The van der Waals surface area contributed by atoms with Gasteiger partial charge in [-0.25, -0.2) is 0 Å². The molecule has 0 amide bonds. The second-order valence-corrected chi connectivity index (χ2v) is 17.6. The van der Waals surface area contributed by atoms with E-state index in [2.05, 4.69) is 232 Å². The van der Waals surface area contributed by atoms with E-state index in [0.29, 0.717) is 0 Å². The molecular weight excluding hydrogens is 735 g/mol. The molecule has 0 radical (unpaired) electrons. The zero-order valence-electron chi connectivity index (χ0n) is 35.0. The molecule has 0 unspecified atom stereocenters. The third-order valence-corrected chi connectivity index (χ3v) is 12.8. The van der Waals surface area contributed by atoms with Crippen molar-refractivity contribution in [2.24, 2.45) is 0 Å². The maximum absolute atomic E-state index is 2.50. The molecule has 9 aromatic carbocycles. The molecule has 61 heavy (non-hydrogen) atoms. The van der Waals surface area contributed by atoms with E-state index in [1.807, 2.05) is 0 Å². The maximum atomic E-state index is 2.50. The first kappa shape index (κ1) is 36.8. The smallest absolute Gasteiger partial charge is 0.0538 e. The van der Waals surface area contributed by atoms with Gasteiger partial charge >= 0.3 is 0 Å². The fourth-order valence-corrected chi connectivity index (χ4v) is 9.66. The lowest BCUT2D eigenvalue weighted by atomic mass is 9.83. The van der Waals surface area contributed by atoms with E-state index in [4.69, 9.17) is 0 Å². The summed E-state index contributed by atoms with van der Waals surface area (Å²) in [4.78, 5) is 0. The molecule has 1 heterocycles. The van der Waals surface area contributed by atoms with Gasteiger partial charge in [-0.2, -0.15) is 0 Å². The molecule has 0 bridgehead atoms. The van der Waals surface area contributed by atoms with Crippen molar-refractivity contribution in [2.45, 2.75) is 39.0 Å². The Morgan fingerprint density at radius 3 is 1.33 bits per heavy atom. The molecule has 1 aromatic heterocycles. The standard InChI is InChI=1S/C60H47N/c1-60(2,3)48-31-35-57-53(39-48)52-36-47(30-34-56(52)61(57)49-22-14-7-15-23-49)42-24-26-44(27-25-42)59-51-33-29-45(40-16-8-4-9-17-40)37-54(51)58(43-20-12-6-13-21-43)50-32-28-46(38-55(50)59)41-18-10-5-11-19-41/h4-14,16-22,24-39H,15,23H2,1-3H3. The van der Waals surface area contributed by atoms with Gasteiger partial charge in [-0.1, -0.05) is 185 Å². The van der Waals surface area contributed by atoms with E-state index >= 15 is 0 Å². The Kier molecular flexibility index (Phi) is 8.94. The van der Waals surface area contributed by atoms with Gasteiger partial charge in [-0.15, -0.1) is 0 Å². The number of hydrogen-bond acceptors (Lipinski definition) is 0. The molecule has 10 aromatic rings. The van der Waals surface area contributed by atoms with Crippen LogP contribution in [0.1, 0.15) is 39.2 Å². The van der Waals surface area contributed by atoms with Crippen molar-refractivity contribution in [1.29, 1.82) is 0 Å². The van der Waals surface area contributed by atoms with Crippen LogP contribution in [0.4, 0.5) is 0 Å². The topological polar surface area (TPSA) is 4.93 Å². The molecule has 0 spiro atoms. The minimum Gasteiger partial charge on any atom is -0.313 e. The highest BCUT2D eigenvalue weighted by Gasteiger charge is 2.21. The minimum absolute atomic E-state index is 0.0571. The fraction of sp³-hybridized carbons (Fsp3) is 0.100. The van der Waals surface area contributed by atoms with Crippen molar-refractivity contribution in [3.8, 4) is 55.6 Å². The lowest BCUT2D eigenvalue weighted by Crippen LogP contribution is -2.10. The molecule has 1 aliphatic carbocycles. The summed E-state index contributed by atoms with van der Waals surface area (Å²) in [6, 6.07) is 70.1. The Labute approximate surface area is 358 Å². The number of hydrogen-bond donors (Lipinski definition) is 0. The summed E-state index contributed by atoms with van der Waals surface area (Å²) in [6.07, 6.45) is 8.87. The van der Waals surface area contributed by atoms with E-state index in [0.717, 1.165) is 12.8 Å². The third-order valence-electron chi connectivity index (χ3n) is 12.8. The van der Waals surface area contributed by atoms with E-state index < -0.39 is 0 Å². The van der Waals surface area contributed by atoms with Crippen molar-refractivity contribution in [3.05, 3.63) is 212 Å². The zero-order chi connectivity index (χ0) is 41.1. The van der Waals surface area contributed by atoms with Crippen LogP contribution >= 0.6 is 0 Å². The molecule has 292 valence electrons. The van der Waals surface area contributed by atoms with Crippen LogP contribution in [-0.2, 0) is 5.41 Å². The van der Waals surface area contributed by atoms with E-state index in [9.17, 15) is 0 Å². The van der Waals surface area contributed by atoms with Crippen LogP contribution in [0.5, 0.6) is 0 Å². The SMILES string of the molecule is CC(C)(C)c1ccc2c(c1)c1cc(-c3ccc(-c4c5ccc(-c6ccccc6)cc5c(-c5ccccc5)c5ccc(-c6ccccc6)cc45)cc3)ccc1n2C1=CC=CCC1. The second kappa shape index (κ2) is 14.8. The van der Waals surface area contributed by atoms with Crippen LogP contribution in [0.3, 0.4) is 0 Å². The van der Waals surface area contributed by atoms with Crippen molar-refractivity contribution < 1.29 is 0 Å². The van der Waals surface area contributed by atoms with Gasteiger partial charge in [0.1, 0.15) is 0 Å². The van der Waals surface area contributed by atoms with Gasteiger partial charge in [0.05, 0.1) is 11.0 Å². The number of aromatic nitrogens is 1. The summed E-state index contributed by atoms with van der Waals surface area (Å²) < 4.78 is 2.50. The first-order valence-electron chi connectivity index (χ1n) is 21.6. The first-order chi connectivity index (χ1) is 29.9. The number of rotatable bonds is 6.